The van der Waals surface area contributed by atoms with Crippen LogP contribution in [0.25, 0.3) is 0 Å². The van der Waals surface area contributed by atoms with Crippen molar-refractivity contribution in [3.8, 4) is 0 Å². The molecule has 0 aliphatic heterocycles. The molecular weight excluding hydrogens is 446 g/mol. The molecule has 4 aromatic carbocycles. The summed E-state index contributed by atoms with van der Waals surface area (Å²) in [6, 6.07) is 41.2. The fraction of sp³-hybridized carbons (Fsp3) is 0.0385. The van der Waals surface area contributed by atoms with Gasteiger partial charge in [0.2, 0.25) is 5.78 Å². The molecule has 0 aliphatic carbocycles. The Labute approximate surface area is 191 Å². The van der Waals surface area contributed by atoms with Crippen LogP contribution in [-0.4, -0.2) is 19.2 Å². The molecule has 0 bridgehead atoms. The van der Waals surface area contributed by atoms with Gasteiger partial charge < -0.3 is 17.3 Å². The maximum absolute atomic E-state index is 13.4. The number of hydrogen-bond acceptors (Lipinski definition) is 1. The van der Waals surface area contributed by atoms with Gasteiger partial charge >= 0.3 is 7.25 Å². The highest BCUT2D eigenvalue weighted by Gasteiger charge is 2.47. The second-order valence-corrected chi connectivity index (χ2v) is 10.7. The van der Waals surface area contributed by atoms with E-state index in [2.05, 4.69) is 72.8 Å². The van der Waals surface area contributed by atoms with Gasteiger partial charge in [-0.1, -0.05) is 84.9 Å². The molecule has 0 saturated heterocycles. The normalized spacial score (nSPS) is 11.3. The van der Waals surface area contributed by atoms with Gasteiger partial charge in [-0.3, -0.25) is 4.79 Å². The first-order valence-electron chi connectivity index (χ1n) is 10.3. The Morgan fingerprint density at radius 2 is 0.818 bits per heavy atom. The predicted octanol–water partition coefficient (Wildman–Crippen LogP) is 6.16. The lowest BCUT2D eigenvalue weighted by Gasteiger charge is -2.27. The zero-order valence-corrected chi connectivity index (χ0v) is 18.6. The van der Waals surface area contributed by atoms with Crippen molar-refractivity contribution in [1.82, 2.24) is 0 Å². The summed E-state index contributed by atoms with van der Waals surface area (Å²) in [5, 5.41) is 3.70. The van der Waals surface area contributed by atoms with E-state index >= 15 is 0 Å². The molecule has 0 N–H and O–H groups in total. The van der Waals surface area contributed by atoms with Crippen LogP contribution in [0.4, 0.5) is 17.3 Å². The third-order valence-electron chi connectivity index (χ3n) is 5.07. The summed E-state index contributed by atoms with van der Waals surface area (Å²) < 4.78 is 39.0. The van der Waals surface area contributed by atoms with Gasteiger partial charge in [-0.05, 0) is 36.4 Å². The van der Waals surface area contributed by atoms with E-state index in [9.17, 15) is 22.1 Å². The van der Waals surface area contributed by atoms with Crippen molar-refractivity contribution < 1.29 is 22.1 Å². The van der Waals surface area contributed by atoms with Gasteiger partial charge in [-0.2, -0.15) is 0 Å². The predicted molar refractivity (Wildman–Crippen MR) is 131 cm³/mol. The van der Waals surface area contributed by atoms with Crippen molar-refractivity contribution in [2.75, 3.05) is 6.16 Å². The molecule has 0 aliphatic rings. The van der Waals surface area contributed by atoms with Crippen molar-refractivity contribution in [2.24, 2.45) is 0 Å². The summed E-state index contributed by atoms with van der Waals surface area (Å²) in [6.07, 6.45) is 0.481. The summed E-state index contributed by atoms with van der Waals surface area (Å²) in [4.78, 5) is 13.4. The van der Waals surface area contributed by atoms with Gasteiger partial charge in [-0.25, -0.2) is 0 Å². The number of Topliss-reactive ketones (excluding diaryl/α,β-unsaturated/α-hetero) is 1. The number of rotatable bonds is 6. The molecule has 168 valence electrons. The van der Waals surface area contributed by atoms with Gasteiger partial charge in [0.05, 0.1) is 0 Å². The summed E-state index contributed by atoms with van der Waals surface area (Å²) in [5.41, 5.74) is 0.773. The van der Waals surface area contributed by atoms with Crippen LogP contribution in [-0.2, 0) is 0 Å². The molecule has 4 rings (SSSR count). The van der Waals surface area contributed by atoms with Crippen LogP contribution in [0.2, 0.25) is 0 Å². The van der Waals surface area contributed by atoms with Crippen molar-refractivity contribution in [3.63, 3.8) is 0 Å². The smallest absolute Gasteiger partial charge is 0.418 e. The van der Waals surface area contributed by atoms with Gasteiger partial charge in [0.1, 0.15) is 29.3 Å². The lowest BCUT2D eigenvalue weighted by molar-refractivity contribution is 0.102. The Hall–Kier alpha value is -3.24. The maximum Gasteiger partial charge on any atom is 0.673 e. The molecule has 1 nitrogen and oxygen atoms in total. The number of carbonyl (C=O) groups excluding carboxylic acids is 1. The van der Waals surface area contributed by atoms with Gasteiger partial charge in [0.15, 0.2) is 0 Å². The molecule has 0 aromatic heterocycles. The van der Waals surface area contributed by atoms with Crippen molar-refractivity contribution in [1.29, 1.82) is 0 Å². The van der Waals surface area contributed by atoms with E-state index in [4.69, 9.17) is 0 Å². The monoisotopic (exact) mass is 468 g/mol. The molecule has 4 aromatic rings. The number of halogens is 4. The molecule has 0 fully saturated rings. The van der Waals surface area contributed by atoms with Crippen LogP contribution in [0.3, 0.4) is 0 Å². The zero-order valence-electron chi connectivity index (χ0n) is 17.7. The molecule has 0 heterocycles. The third-order valence-corrected chi connectivity index (χ3v) is 9.37. The standard InChI is InChI=1S/C26H22OP.BF4/c27-26(22-13-5-1-6-14-22)21-28(23-15-7-2-8-16-23,24-17-9-3-10-18-24)25-19-11-4-12-20-25;2-1(3,4)5/h1-20H,21H2;/q+1;-1. The molecule has 0 amide bonds. The fourth-order valence-electron chi connectivity index (χ4n) is 3.70. The minimum Gasteiger partial charge on any atom is -0.418 e. The highest BCUT2D eigenvalue weighted by Crippen LogP contribution is 2.55. The van der Waals surface area contributed by atoms with E-state index in [1.165, 1.54) is 15.9 Å². The summed E-state index contributed by atoms with van der Waals surface area (Å²) >= 11 is 0. The molecule has 7 heteroatoms. The molecule has 0 radical (unpaired) electrons. The van der Waals surface area contributed by atoms with Gasteiger partial charge in [-0.15, -0.1) is 0 Å². The first kappa shape index (κ1) is 24.4. The van der Waals surface area contributed by atoms with Crippen LogP contribution in [0.15, 0.2) is 121 Å². The minimum atomic E-state index is -6.00. The largest absolute Gasteiger partial charge is 0.673 e. The van der Waals surface area contributed by atoms with Crippen molar-refractivity contribution in [2.45, 2.75) is 0 Å². The Bertz CT molecular complexity index is 1040. The topological polar surface area (TPSA) is 17.1 Å². The summed E-state index contributed by atoms with van der Waals surface area (Å²) in [7, 11) is -8.12. The van der Waals surface area contributed by atoms with Crippen LogP contribution in [0.5, 0.6) is 0 Å². The van der Waals surface area contributed by atoms with E-state index in [0.29, 0.717) is 6.16 Å². The van der Waals surface area contributed by atoms with Crippen LogP contribution < -0.4 is 15.9 Å². The number of carbonyl (C=O) groups is 1. The van der Waals surface area contributed by atoms with Crippen LogP contribution in [0.1, 0.15) is 10.4 Å². The first-order chi connectivity index (χ1) is 15.8. The Kier molecular flexibility index (Phi) is 8.18. The SMILES string of the molecule is F[B-](F)(F)F.O=C(C[P+](c1ccccc1)(c1ccccc1)c1ccccc1)c1ccccc1. The molecule has 0 spiro atoms. The minimum absolute atomic E-state index is 0.186. The first-order valence-corrected chi connectivity index (χ1v) is 12.3. The molecule has 33 heavy (non-hydrogen) atoms. The lowest BCUT2D eigenvalue weighted by Crippen LogP contribution is -2.35. The Morgan fingerprint density at radius 1 is 0.545 bits per heavy atom. The lowest BCUT2D eigenvalue weighted by atomic mass is 10.2. The molecule has 0 atom stereocenters. The van der Waals surface area contributed by atoms with Gasteiger partial charge in [0, 0.05) is 5.56 Å². The molecular formula is C26H22BF4OP. The quantitative estimate of drug-likeness (QED) is 0.143. The molecule has 0 saturated carbocycles. The third kappa shape index (κ3) is 6.63. The second kappa shape index (κ2) is 11.1. The Morgan fingerprint density at radius 3 is 1.12 bits per heavy atom. The van der Waals surface area contributed by atoms with E-state index in [1.807, 2.05) is 48.5 Å². The maximum atomic E-state index is 13.4. The highest BCUT2D eigenvalue weighted by molar-refractivity contribution is 7.96. The van der Waals surface area contributed by atoms with E-state index in [0.717, 1.165) is 5.56 Å². The number of ketones is 1. The van der Waals surface area contributed by atoms with Crippen LogP contribution >= 0.6 is 7.26 Å². The average Bonchev–Trinajstić information content (AvgIpc) is 2.83. The van der Waals surface area contributed by atoms with Crippen LogP contribution in [0, 0.1) is 0 Å². The fourth-order valence-corrected chi connectivity index (χ4v) is 7.80. The average molecular weight is 468 g/mol. The second-order valence-electron chi connectivity index (χ2n) is 7.26. The number of benzene rings is 4. The van der Waals surface area contributed by atoms with Crippen molar-refractivity contribution >= 4 is 36.2 Å². The van der Waals surface area contributed by atoms with E-state index < -0.39 is 14.5 Å². The van der Waals surface area contributed by atoms with E-state index in [-0.39, 0.29) is 5.78 Å². The highest BCUT2D eigenvalue weighted by atomic mass is 31.2. The van der Waals surface area contributed by atoms with Crippen molar-refractivity contribution in [3.05, 3.63) is 127 Å². The number of hydrogen-bond donors (Lipinski definition) is 0. The summed E-state index contributed by atoms with van der Waals surface area (Å²) in [6.45, 7) is 0. The zero-order chi connectivity index (χ0) is 23.7. The Balaban J connectivity index is 0.000000555. The summed E-state index contributed by atoms with van der Waals surface area (Å²) in [5.74, 6) is 0.186. The van der Waals surface area contributed by atoms with Gasteiger partial charge in [0.25, 0.3) is 0 Å². The van der Waals surface area contributed by atoms with E-state index in [1.54, 1.807) is 0 Å². The molecule has 0 unspecified atom stereocenters.